The Morgan fingerprint density at radius 2 is 1.24 bits per heavy atom. The van der Waals surface area contributed by atoms with Gasteiger partial charge in [0.1, 0.15) is 12.4 Å². The van der Waals surface area contributed by atoms with Gasteiger partial charge in [0.05, 0.1) is 18.8 Å². The topological polar surface area (TPSA) is 73.2 Å². The molecule has 178 valence electrons. The number of nitrogens with zero attached hydrogens (tertiary/aromatic N) is 1. The lowest BCUT2D eigenvalue weighted by atomic mass is 10.0. The summed E-state index contributed by atoms with van der Waals surface area (Å²) < 4.78 is 5.44. The maximum absolute atomic E-state index is 10.8. The average Bonchev–Trinajstić information content (AvgIpc) is 2.84. The van der Waals surface area contributed by atoms with Gasteiger partial charge in [-0.25, -0.2) is 0 Å². The summed E-state index contributed by atoms with van der Waals surface area (Å²) >= 11 is 0. The second-order valence-electron chi connectivity index (χ2n) is 8.08. The minimum Gasteiger partial charge on any atom is -0.491 e. The molecule has 0 saturated heterocycles. The molecule has 0 aromatic heterocycles. The smallest absolute Gasteiger partial charge is 0.119 e. The van der Waals surface area contributed by atoms with Crippen molar-refractivity contribution in [3.63, 3.8) is 0 Å². The third-order valence-corrected chi connectivity index (χ3v) is 5.62. The Morgan fingerprint density at radius 1 is 0.758 bits per heavy atom. The van der Waals surface area contributed by atoms with E-state index in [1.807, 2.05) is 84.9 Å². The van der Waals surface area contributed by atoms with Crippen molar-refractivity contribution < 1.29 is 20.1 Å². The summed E-state index contributed by atoms with van der Waals surface area (Å²) in [4.78, 5) is 2.14. The minimum absolute atomic E-state index is 0. The van der Waals surface area contributed by atoms with Gasteiger partial charge < -0.3 is 20.1 Å². The summed E-state index contributed by atoms with van der Waals surface area (Å²) in [5.74, 6) is 0.728. The molecule has 0 saturated carbocycles. The molecule has 3 aromatic carbocycles. The van der Waals surface area contributed by atoms with E-state index in [-0.39, 0.29) is 31.7 Å². The Bertz CT molecular complexity index is 861. The second-order valence-corrected chi connectivity index (χ2v) is 8.08. The van der Waals surface area contributed by atoms with Crippen LogP contribution in [0.25, 0.3) is 0 Å². The van der Waals surface area contributed by atoms with Gasteiger partial charge in [-0.2, -0.15) is 0 Å². The van der Waals surface area contributed by atoms with Gasteiger partial charge in [-0.15, -0.1) is 12.4 Å². The van der Waals surface area contributed by atoms with Crippen molar-refractivity contribution in [2.45, 2.75) is 31.6 Å². The SMILES string of the molecule is C[C@H](Cc1ccc(OCCO)cc1)N(C[C@H](O)c1ccccc1)C[C@H](O)c1ccccc1.Cl. The number of aliphatic hydroxyl groups excluding tert-OH is 3. The molecule has 0 aliphatic rings. The number of aliphatic hydroxyl groups is 3. The molecule has 0 unspecified atom stereocenters. The van der Waals surface area contributed by atoms with Gasteiger partial charge in [0, 0.05) is 19.1 Å². The van der Waals surface area contributed by atoms with E-state index in [1.54, 1.807) is 0 Å². The van der Waals surface area contributed by atoms with Gasteiger partial charge in [-0.05, 0) is 42.2 Å². The van der Waals surface area contributed by atoms with Gasteiger partial charge in [-0.1, -0.05) is 72.8 Å². The third-order valence-electron chi connectivity index (χ3n) is 5.62. The van der Waals surface area contributed by atoms with E-state index in [9.17, 15) is 10.2 Å². The van der Waals surface area contributed by atoms with Crippen LogP contribution in [0.2, 0.25) is 0 Å². The van der Waals surface area contributed by atoms with Crippen LogP contribution in [0.3, 0.4) is 0 Å². The van der Waals surface area contributed by atoms with Crippen molar-refractivity contribution in [2.75, 3.05) is 26.3 Å². The van der Waals surface area contributed by atoms with E-state index >= 15 is 0 Å². The van der Waals surface area contributed by atoms with Gasteiger partial charge >= 0.3 is 0 Å². The lowest BCUT2D eigenvalue weighted by Crippen LogP contribution is -2.40. The van der Waals surface area contributed by atoms with E-state index < -0.39 is 12.2 Å². The Balaban J connectivity index is 0.00000385. The number of hydrogen-bond donors (Lipinski definition) is 3. The van der Waals surface area contributed by atoms with Crippen molar-refractivity contribution >= 4 is 12.4 Å². The first kappa shape index (κ1) is 26.8. The highest BCUT2D eigenvalue weighted by Gasteiger charge is 2.22. The molecule has 0 heterocycles. The molecule has 33 heavy (non-hydrogen) atoms. The van der Waals surface area contributed by atoms with Gasteiger partial charge in [0.15, 0.2) is 0 Å². The third kappa shape index (κ3) is 8.46. The molecular formula is C27H34ClNO4. The molecule has 0 aliphatic heterocycles. The molecule has 0 radical (unpaired) electrons. The molecule has 3 N–H and O–H groups in total. The molecule has 0 spiro atoms. The highest BCUT2D eigenvalue weighted by Crippen LogP contribution is 2.22. The largest absolute Gasteiger partial charge is 0.491 e. The van der Waals surface area contributed by atoms with Crippen LogP contribution in [0.1, 0.15) is 35.8 Å². The monoisotopic (exact) mass is 471 g/mol. The number of ether oxygens (including phenoxy) is 1. The summed E-state index contributed by atoms with van der Waals surface area (Å²) in [6.45, 7) is 3.23. The van der Waals surface area contributed by atoms with Crippen LogP contribution < -0.4 is 4.74 Å². The first-order chi connectivity index (χ1) is 15.6. The Hall–Kier alpha value is -2.41. The molecule has 3 rings (SSSR count). The van der Waals surface area contributed by atoms with Gasteiger partial charge in [-0.3, -0.25) is 4.90 Å². The summed E-state index contributed by atoms with van der Waals surface area (Å²) in [6, 6.07) is 27.2. The zero-order valence-corrected chi connectivity index (χ0v) is 19.8. The van der Waals surface area contributed by atoms with Crippen LogP contribution in [0.15, 0.2) is 84.9 Å². The summed E-state index contributed by atoms with van der Waals surface area (Å²) in [5, 5.41) is 30.6. The lowest BCUT2D eigenvalue weighted by molar-refractivity contribution is 0.0480. The molecule has 0 bridgehead atoms. The van der Waals surface area contributed by atoms with Crippen molar-refractivity contribution in [1.29, 1.82) is 0 Å². The molecule has 0 amide bonds. The van der Waals surface area contributed by atoms with Crippen LogP contribution in [0, 0.1) is 0 Å². The van der Waals surface area contributed by atoms with Gasteiger partial charge in [0.2, 0.25) is 0 Å². The average molecular weight is 472 g/mol. The van der Waals surface area contributed by atoms with E-state index in [0.717, 1.165) is 28.9 Å². The van der Waals surface area contributed by atoms with Crippen molar-refractivity contribution in [3.05, 3.63) is 102 Å². The molecule has 6 heteroatoms. The predicted molar refractivity (Wildman–Crippen MR) is 134 cm³/mol. The molecule has 3 atom stereocenters. The highest BCUT2D eigenvalue weighted by atomic mass is 35.5. The van der Waals surface area contributed by atoms with E-state index in [1.165, 1.54) is 0 Å². The number of rotatable bonds is 12. The highest BCUT2D eigenvalue weighted by molar-refractivity contribution is 5.85. The lowest BCUT2D eigenvalue weighted by Gasteiger charge is -2.33. The van der Waals surface area contributed by atoms with Crippen molar-refractivity contribution in [1.82, 2.24) is 4.90 Å². The van der Waals surface area contributed by atoms with Crippen LogP contribution in [-0.2, 0) is 6.42 Å². The molecule has 3 aromatic rings. The quantitative estimate of drug-likeness (QED) is 0.369. The maximum Gasteiger partial charge on any atom is 0.119 e. The molecule has 0 aliphatic carbocycles. The van der Waals surface area contributed by atoms with E-state index in [4.69, 9.17) is 9.84 Å². The fourth-order valence-electron chi connectivity index (χ4n) is 3.80. The first-order valence-electron chi connectivity index (χ1n) is 11.1. The van der Waals surface area contributed by atoms with Crippen LogP contribution in [0.5, 0.6) is 5.75 Å². The number of halogens is 1. The Labute approximate surface area is 202 Å². The summed E-state index contributed by atoms with van der Waals surface area (Å²) in [7, 11) is 0. The summed E-state index contributed by atoms with van der Waals surface area (Å²) in [6.07, 6.45) is -0.518. The number of benzene rings is 3. The molecule has 5 nitrogen and oxygen atoms in total. The second kappa shape index (κ2) is 14.0. The first-order valence-corrected chi connectivity index (χ1v) is 11.1. The summed E-state index contributed by atoms with van der Waals surface area (Å²) in [5.41, 5.74) is 2.87. The fraction of sp³-hybridized carbons (Fsp3) is 0.333. The van der Waals surface area contributed by atoms with Gasteiger partial charge in [0.25, 0.3) is 0 Å². The maximum atomic E-state index is 10.8. The molecule has 0 fully saturated rings. The fourth-order valence-corrected chi connectivity index (χ4v) is 3.80. The van der Waals surface area contributed by atoms with Crippen molar-refractivity contribution in [3.8, 4) is 5.75 Å². The van der Waals surface area contributed by atoms with E-state index in [2.05, 4.69) is 11.8 Å². The van der Waals surface area contributed by atoms with Crippen LogP contribution in [0.4, 0.5) is 0 Å². The molecular weight excluding hydrogens is 438 g/mol. The normalized spacial score (nSPS) is 13.7. The predicted octanol–water partition coefficient (Wildman–Crippen LogP) is 4.18. The zero-order valence-electron chi connectivity index (χ0n) is 19.0. The minimum atomic E-state index is -0.643. The van der Waals surface area contributed by atoms with Crippen LogP contribution >= 0.6 is 12.4 Å². The van der Waals surface area contributed by atoms with E-state index in [0.29, 0.717) is 13.1 Å². The number of hydrogen-bond acceptors (Lipinski definition) is 5. The van der Waals surface area contributed by atoms with Crippen LogP contribution in [-0.4, -0.2) is 52.6 Å². The zero-order chi connectivity index (χ0) is 22.8. The van der Waals surface area contributed by atoms with Crippen molar-refractivity contribution in [2.24, 2.45) is 0 Å². The standard InChI is InChI=1S/C27H33NO4.ClH/c1-21(18-22-12-14-25(15-13-22)32-17-16-29)28(19-26(30)23-8-4-2-5-9-23)20-27(31)24-10-6-3-7-11-24;/h2-15,21,26-27,29-31H,16-20H2,1H3;1H/t21-,26+,27+;/m1./s1. The Kier molecular flexibility index (Phi) is 11.4. The Morgan fingerprint density at radius 3 is 1.70 bits per heavy atom.